The molecule has 2 rings (SSSR count). The van der Waals surface area contributed by atoms with E-state index in [2.05, 4.69) is 11.9 Å². The van der Waals surface area contributed by atoms with Crippen molar-refractivity contribution < 1.29 is 28.3 Å². The van der Waals surface area contributed by atoms with Gasteiger partial charge in [0.1, 0.15) is 6.61 Å². The van der Waals surface area contributed by atoms with Crippen molar-refractivity contribution in [2.45, 2.75) is 44.3 Å². The van der Waals surface area contributed by atoms with Crippen molar-refractivity contribution >= 4 is 12.0 Å². The van der Waals surface area contributed by atoms with Gasteiger partial charge in [-0.1, -0.05) is 54.6 Å². The van der Waals surface area contributed by atoms with E-state index in [1.54, 1.807) is 18.2 Å². The molecule has 2 N–H and O–H groups in total. The van der Waals surface area contributed by atoms with Crippen LogP contribution in [0.3, 0.4) is 0 Å². The Balaban J connectivity index is 1.89. The molecule has 1 atom stereocenters. The number of alkyl carbamates (subject to hydrolysis) is 1. The number of hydroxylamine groups is 2. The van der Waals surface area contributed by atoms with Crippen LogP contribution in [0.4, 0.5) is 13.6 Å². The van der Waals surface area contributed by atoms with E-state index in [0.29, 0.717) is 5.06 Å². The molecule has 6 nitrogen and oxygen atoms in total. The van der Waals surface area contributed by atoms with Crippen molar-refractivity contribution in [1.29, 1.82) is 0 Å². The molecule has 2 amide bonds. The van der Waals surface area contributed by atoms with Gasteiger partial charge in [0.15, 0.2) is 0 Å². The maximum absolute atomic E-state index is 14.2. The minimum atomic E-state index is -3.13. The zero-order chi connectivity index (χ0) is 23.4. The van der Waals surface area contributed by atoms with Gasteiger partial charge in [-0.05, 0) is 30.5 Å². The van der Waals surface area contributed by atoms with E-state index >= 15 is 0 Å². The standard InChI is InChI=1S/C24H28F2N2O4/c1-2-15-24(25,26)17-21(28(31)22(29)20-12-7-4-8-13-20)14-9-16-27-23(30)32-18-19-10-5-3-6-11-19/h2-8,10-13,21,31H,1,9,14-18H2,(H,27,30). The molecular weight excluding hydrogens is 418 g/mol. The van der Waals surface area contributed by atoms with E-state index in [-0.39, 0.29) is 31.6 Å². The number of carbonyl (C=O) groups excluding carboxylic acids is 2. The Morgan fingerprint density at radius 2 is 1.75 bits per heavy atom. The first kappa shape index (κ1) is 25.0. The summed E-state index contributed by atoms with van der Waals surface area (Å²) < 4.78 is 33.5. The molecule has 0 aliphatic heterocycles. The lowest BCUT2D eigenvalue weighted by atomic mass is 10.00. The average Bonchev–Trinajstić information content (AvgIpc) is 2.80. The summed E-state index contributed by atoms with van der Waals surface area (Å²) in [5.74, 6) is -3.90. The lowest BCUT2D eigenvalue weighted by Crippen LogP contribution is -2.41. The number of ether oxygens (including phenoxy) is 1. The number of rotatable bonds is 12. The van der Waals surface area contributed by atoms with Crippen LogP contribution >= 0.6 is 0 Å². The molecule has 0 radical (unpaired) electrons. The predicted molar refractivity (Wildman–Crippen MR) is 116 cm³/mol. The summed E-state index contributed by atoms with van der Waals surface area (Å²) in [6, 6.07) is 15.9. The Labute approximate surface area is 186 Å². The lowest BCUT2D eigenvalue weighted by Gasteiger charge is -2.29. The number of halogens is 2. The van der Waals surface area contributed by atoms with Gasteiger partial charge in [0.05, 0.1) is 6.04 Å². The number of alkyl halides is 2. The third-order valence-electron chi connectivity index (χ3n) is 4.75. The minimum Gasteiger partial charge on any atom is -0.445 e. The second kappa shape index (κ2) is 12.6. The van der Waals surface area contributed by atoms with Crippen LogP contribution in [0.15, 0.2) is 73.3 Å². The normalized spacial score (nSPS) is 12.0. The number of amides is 2. The second-order valence-electron chi connectivity index (χ2n) is 7.35. The fraction of sp³-hybridized carbons (Fsp3) is 0.333. The Kier molecular flexibility index (Phi) is 9.81. The quantitative estimate of drug-likeness (QED) is 0.203. The molecule has 2 aromatic carbocycles. The van der Waals surface area contributed by atoms with Crippen LogP contribution in [0.5, 0.6) is 0 Å². The van der Waals surface area contributed by atoms with E-state index in [4.69, 9.17) is 4.74 Å². The van der Waals surface area contributed by atoms with Crippen molar-refractivity contribution in [3.63, 3.8) is 0 Å². The maximum atomic E-state index is 14.2. The van der Waals surface area contributed by atoms with Crippen LogP contribution in [0, 0.1) is 0 Å². The molecule has 0 saturated heterocycles. The van der Waals surface area contributed by atoms with Gasteiger partial charge in [0.25, 0.3) is 11.8 Å². The number of allylic oxidation sites excluding steroid dienone is 1. The average molecular weight is 446 g/mol. The van der Waals surface area contributed by atoms with E-state index in [9.17, 15) is 23.6 Å². The Hall–Kier alpha value is -3.26. The minimum absolute atomic E-state index is 0.0563. The van der Waals surface area contributed by atoms with Crippen LogP contribution in [-0.4, -0.2) is 40.8 Å². The number of hydrogen-bond acceptors (Lipinski definition) is 4. The first-order valence-corrected chi connectivity index (χ1v) is 10.3. The summed E-state index contributed by atoms with van der Waals surface area (Å²) in [6.45, 7) is 3.58. The van der Waals surface area contributed by atoms with Crippen LogP contribution in [0.1, 0.15) is 41.6 Å². The molecule has 0 aliphatic carbocycles. The molecule has 0 bridgehead atoms. The van der Waals surface area contributed by atoms with Gasteiger partial charge in [-0.15, -0.1) is 6.58 Å². The van der Waals surface area contributed by atoms with Gasteiger partial charge in [0.2, 0.25) is 0 Å². The van der Waals surface area contributed by atoms with Crippen molar-refractivity contribution in [2.75, 3.05) is 6.54 Å². The molecule has 1 unspecified atom stereocenters. The molecule has 0 saturated carbocycles. The van der Waals surface area contributed by atoms with Crippen LogP contribution in [-0.2, 0) is 11.3 Å². The topological polar surface area (TPSA) is 78.9 Å². The molecular formula is C24H28F2N2O4. The summed E-state index contributed by atoms with van der Waals surface area (Å²) in [5, 5.41) is 13.3. The third kappa shape index (κ3) is 8.47. The van der Waals surface area contributed by atoms with Crippen LogP contribution in [0.2, 0.25) is 0 Å². The fourth-order valence-electron chi connectivity index (χ4n) is 3.13. The molecule has 0 aliphatic rings. The highest BCUT2D eigenvalue weighted by Crippen LogP contribution is 2.29. The predicted octanol–water partition coefficient (Wildman–Crippen LogP) is 5.19. The van der Waals surface area contributed by atoms with Gasteiger partial charge in [-0.3, -0.25) is 10.0 Å². The van der Waals surface area contributed by atoms with Gasteiger partial charge in [0, 0.05) is 24.9 Å². The van der Waals surface area contributed by atoms with Crippen LogP contribution < -0.4 is 5.32 Å². The van der Waals surface area contributed by atoms with Crippen molar-refractivity contribution in [1.82, 2.24) is 10.4 Å². The zero-order valence-electron chi connectivity index (χ0n) is 17.8. The van der Waals surface area contributed by atoms with Gasteiger partial charge in [-0.25, -0.2) is 18.6 Å². The Morgan fingerprint density at radius 1 is 1.12 bits per heavy atom. The molecule has 172 valence electrons. The number of nitrogens with zero attached hydrogens (tertiary/aromatic N) is 1. The molecule has 0 fully saturated rings. The van der Waals surface area contributed by atoms with Gasteiger partial charge in [-0.2, -0.15) is 0 Å². The summed E-state index contributed by atoms with van der Waals surface area (Å²) in [6.07, 6.45) is -0.520. The highest BCUT2D eigenvalue weighted by Gasteiger charge is 2.35. The van der Waals surface area contributed by atoms with Crippen LogP contribution in [0.25, 0.3) is 0 Å². The molecule has 0 spiro atoms. The Bertz CT molecular complexity index is 863. The number of hydrogen-bond donors (Lipinski definition) is 2. The van der Waals surface area contributed by atoms with E-state index < -0.39 is 36.8 Å². The third-order valence-corrected chi connectivity index (χ3v) is 4.75. The lowest BCUT2D eigenvalue weighted by molar-refractivity contribution is -0.120. The smallest absolute Gasteiger partial charge is 0.407 e. The van der Waals surface area contributed by atoms with Gasteiger partial charge < -0.3 is 10.1 Å². The Morgan fingerprint density at radius 3 is 2.38 bits per heavy atom. The maximum Gasteiger partial charge on any atom is 0.407 e. The van der Waals surface area contributed by atoms with E-state index in [0.717, 1.165) is 11.6 Å². The highest BCUT2D eigenvalue weighted by molar-refractivity contribution is 5.93. The zero-order valence-corrected chi connectivity index (χ0v) is 17.8. The molecule has 32 heavy (non-hydrogen) atoms. The van der Waals surface area contributed by atoms with Gasteiger partial charge >= 0.3 is 6.09 Å². The highest BCUT2D eigenvalue weighted by atomic mass is 19.3. The van der Waals surface area contributed by atoms with Crippen molar-refractivity contribution in [3.05, 3.63) is 84.4 Å². The number of benzene rings is 2. The van der Waals surface area contributed by atoms with Crippen molar-refractivity contribution in [3.8, 4) is 0 Å². The molecule has 8 heteroatoms. The number of nitrogens with one attached hydrogen (secondary N) is 1. The largest absolute Gasteiger partial charge is 0.445 e. The monoisotopic (exact) mass is 446 g/mol. The first-order chi connectivity index (χ1) is 15.3. The summed E-state index contributed by atoms with van der Waals surface area (Å²) >= 11 is 0. The van der Waals surface area contributed by atoms with E-state index in [1.165, 1.54) is 12.1 Å². The molecule has 2 aromatic rings. The van der Waals surface area contributed by atoms with Crippen molar-refractivity contribution in [2.24, 2.45) is 0 Å². The number of carbonyl (C=O) groups is 2. The molecule has 0 aromatic heterocycles. The SMILES string of the molecule is C=CCC(F)(F)CC(CCCNC(=O)OCc1ccccc1)N(O)C(=O)c1ccccc1. The fourth-order valence-corrected chi connectivity index (χ4v) is 3.13. The molecule has 0 heterocycles. The summed E-state index contributed by atoms with van der Waals surface area (Å²) in [7, 11) is 0. The second-order valence-corrected chi connectivity index (χ2v) is 7.35. The van der Waals surface area contributed by atoms with E-state index in [1.807, 2.05) is 30.3 Å². The summed E-state index contributed by atoms with van der Waals surface area (Å²) in [5.41, 5.74) is 1.03. The summed E-state index contributed by atoms with van der Waals surface area (Å²) in [4.78, 5) is 24.3. The first-order valence-electron chi connectivity index (χ1n) is 10.3.